The fraction of sp³-hybridized carbons (Fsp3) is 0.429. The van der Waals surface area contributed by atoms with Crippen LogP contribution < -0.4 is 10.1 Å². The number of aliphatic carboxylic acids is 1. The number of carboxylic acid groups (broad SMARTS) is 1. The maximum absolute atomic E-state index is 12.0. The van der Waals surface area contributed by atoms with E-state index in [2.05, 4.69) is 5.32 Å². The summed E-state index contributed by atoms with van der Waals surface area (Å²) in [6.45, 7) is 0.865. The summed E-state index contributed by atoms with van der Waals surface area (Å²) in [6, 6.07) is 6.38. The average Bonchev–Trinajstić information content (AvgIpc) is 2.95. The number of amides is 2. The first-order valence-corrected chi connectivity index (χ1v) is 6.62. The van der Waals surface area contributed by atoms with Gasteiger partial charge >= 0.3 is 12.0 Å². The minimum Gasteiger partial charge on any atom is -0.482 e. The van der Waals surface area contributed by atoms with Crippen LogP contribution in [0.1, 0.15) is 6.42 Å². The number of rotatable bonds is 5. The van der Waals surface area contributed by atoms with Gasteiger partial charge in [0.2, 0.25) is 0 Å². The number of likely N-dealkylation sites (tertiary alicyclic amines) is 1. The van der Waals surface area contributed by atoms with Crippen LogP contribution in [-0.4, -0.2) is 54.9 Å². The van der Waals surface area contributed by atoms with E-state index in [0.717, 1.165) is 6.42 Å². The summed E-state index contributed by atoms with van der Waals surface area (Å²) in [7, 11) is 1.64. The van der Waals surface area contributed by atoms with Gasteiger partial charge in [-0.15, -0.1) is 0 Å². The Morgan fingerprint density at radius 2 is 2.10 bits per heavy atom. The Bertz CT molecular complexity index is 503. The van der Waals surface area contributed by atoms with Crippen LogP contribution in [0.15, 0.2) is 24.3 Å². The van der Waals surface area contributed by atoms with Gasteiger partial charge in [0.25, 0.3) is 0 Å². The summed E-state index contributed by atoms with van der Waals surface area (Å²) < 4.78 is 10.2. The third-order valence-corrected chi connectivity index (χ3v) is 3.23. The SMILES string of the molecule is COC1CCN(C(=O)Nc2ccc(OCC(=O)O)cc2)C1. The van der Waals surface area contributed by atoms with Crippen molar-refractivity contribution in [3.63, 3.8) is 0 Å². The van der Waals surface area contributed by atoms with E-state index >= 15 is 0 Å². The fourth-order valence-electron chi connectivity index (χ4n) is 2.09. The van der Waals surface area contributed by atoms with Crippen LogP contribution in [0.2, 0.25) is 0 Å². The van der Waals surface area contributed by atoms with E-state index in [1.807, 2.05) is 0 Å². The van der Waals surface area contributed by atoms with Gasteiger partial charge in [-0.25, -0.2) is 9.59 Å². The molecule has 1 aromatic rings. The van der Waals surface area contributed by atoms with E-state index in [-0.39, 0.29) is 12.1 Å². The fourth-order valence-corrected chi connectivity index (χ4v) is 2.09. The Balaban J connectivity index is 1.85. The van der Waals surface area contributed by atoms with Gasteiger partial charge in [-0.3, -0.25) is 0 Å². The number of hydrogen-bond acceptors (Lipinski definition) is 4. The number of benzene rings is 1. The van der Waals surface area contributed by atoms with E-state index in [1.165, 1.54) is 0 Å². The number of nitrogens with one attached hydrogen (secondary N) is 1. The van der Waals surface area contributed by atoms with Crippen molar-refractivity contribution < 1.29 is 24.2 Å². The van der Waals surface area contributed by atoms with Crippen LogP contribution in [0.25, 0.3) is 0 Å². The lowest BCUT2D eigenvalue weighted by atomic mass is 10.3. The molecule has 1 fully saturated rings. The molecule has 7 nitrogen and oxygen atoms in total. The van der Waals surface area contributed by atoms with Gasteiger partial charge in [0.1, 0.15) is 5.75 Å². The molecule has 0 saturated carbocycles. The smallest absolute Gasteiger partial charge is 0.341 e. The molecule has 21 heavy (non-hydrogen) atoms. The highest BCUT2D eigenvalue weighted by Gasteiger charge is 2.25. The monoisotopic (exact) mass is 294 g/mol. The summed E-state index contributed by atoms with van der Waals surface area (Å²) in [4.78, 5) is 24.1. The zero-order valence-corrected chi connectivity index (χ0v) is 11.7. The number of carbonyl (C=O) groups is 2. The van der Waals surface area contributed by atoms with E-state index in [0.29, 0.717) is 24.5 Å². The van der Waals surface area contributed by atoms with Gasteiger partial charge in [0.15, 0.2) is 6.61 Å². The first-order chi connectivity index (χ1) is 10.1. The Kier molecular flexibility index (Phi) is 4.99. The van der Waals surface area contributed by atoms with Gasteiger partial charge in [-0.2, -0.15) is 0 Å². The van der Waals surface area contributed by atoms with Crippen LogP contribution in [0, 0.1) is 0 Å². The molecule has 1 heterocycles. The molecule has 2 amide bonds. The summed E-state index contributed by atoms with van der Waals surface area (Å²) in [5.41, 5.74) is 0.628. The molecule has 2 rings (SSSR count). The van der Waals surface area contributed by atoms with Gasteiger partial charge in [-0.05, 0) is 30.7 Å². The van der Waals surface area contributed by atoms with Crippen LogP contribution in [-0.2, 0) is 9.53 Å². The van der Waals surface area contributed by atoms with Crippen LogP contribution in [0.3, 0.4) is 0 Å². The summed E-state index contributed by atoms with van der Waals surface area (Å²) >= 11 is 0. The van der Waals surface area contributed by atoms with Crippen molar-refractivity contribution in [3.05, 3.63) is 24.3 Å². The number of hydrogen-bond donors (Lipinski definition) is 2. The minimum absolute atomic E-state index is 0.0996. The maximum Gasteiger partial charge on any atom is 0.341 e. The Hall–Kier alpha value is -2.28. The lowest BCUT2D eigenvalue weighted by Crippen LogP contribution is -2.33. The lowest BCUT2D eigenvalue weighted by molar-refractivity contribution is -0.139. The zero-order valence-electron chi connectivity index (χ0n) is 11.7. The molecule has 7 heteroatoms. The zero-order chi connectivity index (χ0) is 15.2. The molecule has 1 unspecified atom stereocenters. The van der Waals surface area contributed by atoms with E-state index in [9.17, 15) is 9.59 Å². The first kappa shape index (κ1) is 15.1. The molecule has 0 spiro atoms. The second kappa shape index (κ2) is 6.94. The number of carbonyl (C=O) groups excluding carboxylic acids is 1. The predicted octanol–water partition coefficient (Wildman–Crippen LogP) is 1.40. The molecule has 1 aliphatic heterocycles. The molecule has 1 saturated heterocycles. The van der Waals surface area contributed by atoms with Crippen LogP contribution in [0.4, 0.5) is 10.5 Å². The van der Waals surface area contributed by atoms with Crippen molar-refractivity contribution >= 4 is 17.7 Å². The topological polar surface area (TPSA) is 88.1 Å². The number of nitrogens with zero attached hydrogens (tertiary/aromatic N) is 1. The number of anilines is 1. The van der Waals surface area contributed by atoms with Gasteiger partial charge in [0, 0.05) is 25.9 Å². The maximum atomic E-state index is 12.0. The molecular formula is C14H18N2O5. The lowest BCUT2D eigenvalue weighted by Gasteiger charge is -2.17. The van der Waals surface area contributed by atoms with E-state index in [4.69, 9.17) is 14.6 Å². The third-order valence-electron chi connectivity index (χ3n) is 3.23. The Labute approximate surface area is 122 Å². The summed E-state index contributed by atoms with van der Waals surface area (Å²) in [6.07, 6.45) is 0.939. The van der Waals surface area contributed by atoms with Gasteiger partial charge < -0.3 is 24.8 Å². The number of carboxylic acids is 1. The number of methoxy groups -OCH3 is 1. The highest BCUT2D eigenvalue weighted by Crippen LogP contribution is 2.18. The molecule has 0 radical (unpaired) electrons. The third kappa shape index (κ3) is 4.35. The standard InChI is InChI=1S/C14H18N2O5/c1-20-12-6-7-16(8-12)14(19)15-10-2-4-11(5-3-10)21-9-13(17)18/h2-5,12H,6-9H2,1H3,(H,15,19)(H,17,18). The molecule has 0 bridgehead atoms. The highest BCUT2D eigenvalue weighted by molar-refractivity contribution is 5.89. The van der Waals surface area contributed by atoms with Crippen molar-refractivity contribution in [3.8, 4) is 5.75 Å². The summed E-state index contributed by atoms with van der Waals surface area (Å²) in [5.74, 6) is -0.592. The molecular weight excluding hydrogens is 276 g/mol. The van der Waals surface area contributed by atoms with Crippen LogP contribution >= 0.6 is 0 Å². The molecule has 1 atom stereocenters. The molecule has 114 valence electrons. The second-order valence-corrected chi connectivity index (χ2v) is 4.73. The van der Waals surface area contributed by atoms with Crippen molar-refractivity contribution in [2.75, 3.05) is 32.1 Å². The number of ether oxygens (including phenoxy) is 2. The predicted molar refractivity (Wildman–Crippen MR) is 75.6 cm³/mol. The van der Waals surface area contributed by atoms with E-state index < -0.39 is 12.6 Å². The normalized spacial score (nSPS) is 17.6. The second-order valence-electron chi connectivity index (χ2n) is 4.73. The van der Waals surface area contributed by atoms with Crippen LogP contribution in [0.5, 0.6) is 5.75 Å². The molecule has 0 aliphatic carbocycles. The van der Waals surface area contributed by atoms with Gasteiger partial charge in [0.05, 0.1) is 6.10 Å². The summed E-state index contributed by atoms with van der Waals surface area (Å²) in [5, 5.41) is 11.3. The minimum atomic E-state index is -1.03. The Morgan fingerprint density at radius 3 is 2.67 bits per heavy atom. The van der Waals surface area contributed by atoms with Crippen molar-refractivity contribution in [2.45, 2.75) is 12.5 Å². The van der Waals surface area contributed by atoms with Crippen molar-refractivity contribution in [2.24, 2.45) is 0 Å². The van der Waals surface area contributed by atoms with E-state index in [1.54, 1.807) is 36.3 Å². The highest BCUT2D eigenvalue weighted by atomic mass is 16.5. The molecule has 1 aromatic carbocycles. The Morgan fingerprint density at radius 1 is 1.38 bits per heavy atom. The number of urea groups is 1. The van der Waals surface area contributed by atoms with Gasteiger partial charge in [-0.1, -0.05) is 0 Å². The average molecular weight is 294 g/mol. The van der Waals surface area contributed by atoms with Crippen molar-refractivity contribution in [1.82, 2.24) is 4.90 Å². The van der Waals surface area contributed by atoms with Crippen molar-refractivity contribution in [1.29, 1.82) is 0 Å². The first-order valence-electron chi connectivity index (χ1n) is 6.62. The quantitative estimate of drug-likeness (QED) is 0.857. The largest absolute Gasteiger partial charge is 0.482 e. The molecule has 0 aromatic heterocycles. The molecule has 2 N–H and O–H groups in total. The molecule has 1 aliphatic rings.